The average molecular weight is 408 g/mol. The van der Waals surface area contributed by atoms with E-state index in [9.17, 15) is 9.18 Å². The molecule has 5 rings (SSSR count). The molecule has 0 saturated heterocycles. The van der Waals surface area contributed by atoms with E-state index in [0.29, 0.717) is 45.1 Å². The van der Waals surface area contributed by atoms with Gasteiger partial charge >= 0.3 is 0 Å². The maximum Gasteiger partial charge on any atom is 0.256 e. The van der Waals surface area contributed by atoms with Gasteiger partial charge in [0.1, 0.15) is 29.5 Å². The van der Waals surface area contributed by atoms with Gasteiger partial charge in [0.2, 0.25) is 5.71 Å². The molecule has 1 aromatic carbocycles. The smallest absolute Gasteiger partial charge is 0.256 e. The first-order valence-corrected chi connectivity index (χ1v) is 9.76. The van der Waals surface area contributed by atoms with Crippen LogP contribution in [0.5, 0.6) is 0 Å². The summed E-state index contributed by atoms with van der Waals surface area (Å²) in [4.78, 5) is 26.1. The zero-order valence-corrected chi connectivity index (χ0v) is 16.9. The fourth-order valence-corrected chi connectivity index (χ4v) is 3.63. The number of nitrogens with zero attached hydrogens (tertiary/aromatic N) is 4. The molecule has 0 spiro atoms. The maximum absolute atomic E-state index is 13.5. The molecule has 0 bridgehead atoms. The molecule has 3 aromatic heterocycles. The van der Waals surface area contributed by atoms with Crippen LogP contribution in [0.3, 0.4) is 0 Å². The Morgan fingerprint density at radius 1 is 1.33 bits per heavy atom. The van der Waals surface area contributed by atoms with Crippen LogP contribution in [0.1, 0.15) is 41.7 Å². The van der Waals surface area contributed by atoms with Crippen LogP contribution in [0.2, 0.25) is 0 Å². The molecular weight excluding hydrogens is 387 g/mol. The molecule has 0 atom stereocenters. The lowest BCUT2D eigenvalue weighted by molar-refractivity contribution is 0.0949. The number of fused-ring (bicyclic) bond motifs is 2. The van der Waals surface area contributed by atoms with Crippen molar-refractivity contribution in [2.45, 2.75) is 38.8 Å². The lowest BCUT2D eigenvalue weighted by Gasteiger charge is -2.13. The number of amides is 1. The molecule has 1 aliphatic carbocycles. The van der Waals surface area contributed by atoms with Crippen molar-refractivity contribution < 1.29 is 13.6 Å². The zero-order chi connectivity index (χ0) is 21.0. The van der Waals surface area contributed by atoms with Gasteiger partial charge in [-0.15, -0.1) is 0 Å². The standard InChI is InChI=1S/C21H21FN6O2/c1-11-16(17-18(27-21(2)6-7-21)24-10-25-20(17)30-11)19(29)23-9-15-26-13-5-4-12(22)8-14(13)28(15)3/h4-5,8,10H,6-7,9H2,1-3H3,(H,23,29)(H,24,25,27). The Morgan fingerprint density at radius 3 is 2.90 bits per heavy atom. The molecule has 4 aromatic rings. The summed E-state index contributed by atoms with van der Waals surface area (Å²) in [6, 6.07) is 4.42. The topological polar surface area (TPSA) is 97.9 Å². The summed E-state index contributed by atoms with van der Waals surface area (Å²) in [5.74, 6) is 1.06. The van der Waals surface area contributed by atoms with Crippen LogP contribution in [-0.4, -0.2) is 31.0 Å². The Balaban J connectivity index is 1.45. The summed E-state index contributed by atoms with van der Waals surface area (Å²) in [5, 5.41) is 6.88. The van der Waals surface area contributed by atoms with E-state index in [0.717, 1.165) is 12.8 Å². The van der Waals surface area contributed by atoms with Gasteiger partial charge in [-0.1, -0.05) is 0 Å². The monoisotopic (exact) mass is 408 g/mol. The minimum absolute atomic E-state index is 0.0114. The molecule has 1 aliphatic rings. The molecule has 3 heterocycles. The normalized spacial score (nSPS) is 14.9. The summed E-state index contributed by atoms with van der Waals surface area (Å²) < 4.78 is 21.0. The summed E-state index contributed by atoms with van der Waals surface area (Å²) in [7, 11) is 1.79. The molecule has 1 saturated carbocycles. The molecule has 154 valence electrons. The van der Waals surface area contributed by atoms with Crippen molar-refractivity contribution in [3.8, 4) is 0 Å². The van der Waals surface area contributed by atoms with E-state index in [1.54, 1.807) is 24.6 Å². The van der Waals surface area contributed by atoms with Crippen LogP contribution in [0.15, 0.2) is 28.9 Å². The Bertz CT molecular complexity index is 1300. The van der Waals surface area contributed by atoms with Crippen molar-refractivity contribution in [1.29, 1.82) is 0 Å². The number of furan rings is 1. The Labute approximate surface area is 171 Å². The van der Waals surface area contributed by atoms with E-state index in [2.05, 4.69) is 32.5 Å². The minimum atomic E-state index is -0.328. The number of hydrogen-bond acceptors (Lipinski definition) is 6. The summed E-state index contributed by atoms with van der Waals surface area (Å²) >= 11 is 0. The van der Waals surface area contributed by atoms with E-state index in [1.807, 2.05) is 0 Å². The number of carbonyl (C=O) groups excluding carboxylic acids is 1. The number of anilines is 1. The molecule has 30 heavy (non-hydrogen) atoms. The predicted molar refractivity (Wildman–Crippen MR) is 110 cm³/mol. The van der Waals surface area contributed by atoms with E-state index in [1.165, 1.54) is 18.5 Å². The quantitative estimate of drug-likeness (QED) is 0.525. The third-order valence-electron chi connectivity index (χ3n) is 5.65. The minimum Gasteiger partial charge on any atom is -0.442 e. The SMILES string of the molecule is Cc1oc2ncnc(NC3(C)CC3)c2c1C(=O)NCc1nc2ccc(F)cc2n1C. The highest BCUT2D eigenvalue weighted by Gasteiger charge is 2.38. The number of halogens is 1. The summed E-state index contributed by atoms with van der Waals surface area (Å²) in [6.07, 6.45) is 3.52. The van der Waals surface area contributed by atoms with Crippen molar-refractivity contribution in [2.75, 3.05) is 5.32 Å². The highest BCUT2D eigenvalue weighted by atomic mass is 19.1. The third-order valence-corrected chi connectivity index (χ3v) is 5.65. The Morgan fingerprint density at radius 2 is 2.13 bits per heavy atom. The van der Waals surface area contributed by atoms with E-state index < -0.39 is 0 Å². The van der Waals surface area contributed by atoms with E-state index in [4.69, 9.17) is 4.42 Å². The fourth-order valence-electron chi connectivity index (χ4n) is 3.63. The molecule has 2 N–H and O–H groups in total. The predicted octanol–water partition coefficient (Wildman–Crippen LogP) is 3.45. The second-order valence-electron chi connectivity index (χ2n) is 8.02. The average Bonchev–Trinajstić information content (AvgIpc) is 3.20. The number of rotatable bonds is 5. The Kier molecular flexibility index (Phi) is 4.02. The number of aromatic nitrogens is 4. The third kappa shape index (κ3) is 3.06. The van der Waals surface area contributed by atoms with Crippen LogP contribution in [0.4, 0.5) is 10.2 Å². The van der Waals surface area contributed by atoms with Crippen molar-refractivity contribution >= 4 is 33.9 Å². The van der Waals surface area contributed by atoms with Gasteiger partial charge in [-0.3, -0.25) is 4.79 Å². The number of carbonyl (C=O) groups is 1. The van der Waals surface area contributed by atoms with Gasteiger partial charge in [-0.05, 0) is 44.9 Å². The number of benzene rings is 1. The van der Waals surface area contributed by atoms with Gasteiger partial charge in [-0.25, -0.2) is 19.3 Å². The zero-order valence-electron chi connectivity index (χ0n) is 16.9. The van der Waals surface area contributed by atoms with Crippen LogP contribution >= 0.6 is 0 Å². The van der Waals surface area contributed by atoms with E-state index in [-0.39, 0.29) is 23.8 Å². The van der Waals surface area contributed by atoms with Gasteiger partial charge < -0.3 is 19.6 Å². The highest BCUT2D eigenvalue weighted by molar-refractivity contribution is 6.10. The van der Waals surface area contributed by atoms with Crippen LogP contribution < -0.4 is 10.6 Å². The molecule has 1 fully saturated rings. The first-order valence-electron chi connectivity index (χ1n) is 9.76. The second kappa shape index (κ2) is 6.51. The van der Waals surface area contributed by atoms with Gasteiger partial charge in [0.25, 0.3) is 5.91 Å². The molecule has 0 unspecified atom stereocenters. The summed E-state index contributed by atoms with van der Waals surface area (Å²) in [5.41, 5.74) is 2.11. The molecule has 0 aliphatic heterocycles. The largest absolute Gasteiger partial charge is 0.442 e. The van der Waals surface area contributed by atoms with Crippen molar-refractivity contribution in [1.82, 2.24) is 24.8 Å². The van der Waals surface area contributed by atoms with Crippen molar-refractivity contribution in [3.63, 3.8) is 0 Å². The molecule has 1 amide bonds. The van der Waals surface area contributed by atoms with Gasteiger partial charge in [0.15, 0.2) is 0 Å². The summed E-state index contributed by atoms with van der Waals surface area (Å²) in [6.45, 7) is 4.03. The second-order valence-corrected chi connectivity index (χ2v) is 8.02. The van der Waals surface area contributed by atoms with Gasteiger partial charge in [-0.2, -0.15) is 0 Å². The molecule has 9 heteroatoms. The van der Waals surface area contributed by atoms with Crippen LogP contribution in [-0.2, 0) is 13.6 Å². The van der Waals surface area contributed by atoms with Crippen molar-refractivity contribution in [2.24, 2.45) is 7.05 Å². The Hall–Kier alpha value is -3.49. The van der Waals surface area contributed by atoms with Crippen LogP contribution in [0.25, 0.3) is 22.1 Å². The van der Waals surface area contributed by atoms with Gasteiger partial charge in [0.05, 0.1) is 28.5 Å². The number of aryl methyl sites for hydroxylation is 2. The lowest BCUT2D eigenvalue weighted by Crippen LogP contribution is -2.25. The maximum atomic E-state index is 13.5. The highest BCUT2D eigenvalue weighted by Crippen LogP contribution is 2.40. The first kappa shape index (κ1) is 18.5. The van der Waals surface area contributed by atoms with Gasteiger partial charge in [0, 0.05) is 12.6 Å². The number of imidazole rings is 1. The molecule has 0 radical (unpaired) electrons. The fraction of sp³-hybridized carbons (Fsp3) is 0.333. The van der Waals surface area contributed by atoms with E-state index >= 15 is 0 Å². The lowest BCUT2D eigenvalue weighted by atomic mass is 10.1. The first-order chi connectivity index (χ1) is 14.3. The van der Waals surface area contributed by atoms with Crippen molar-refractivity contribution in [3.05, 3.63) is 47.5 Å². The molecular formula is C21H21FN6O2. The molecule has 8 nitrogen and oxygen atoms in total. The number of nitrogens with one attached hydrogen (secondary N) is 2. The number of hydrogen-bond donors (Lipinski definition) is 2. The van der Waals surface area contributed by atoms with Crippen LogP contribution in [0, 0.1) is 12.7 Å².